The van der Waals surface area contributed by atoms with Gasteiger partial charge in [-0.1, -0.05) is 55.8 Å². The molecular formula is C20H25NO2S. The molecule has 0 spiro atoms. The summed E-state index contributed by atoms with van der Waals surface area (Å²) < 4.78 is 5.64. The first-order valence-electron chi connectivity index (χ1n) is 8.38. The van der Waals surface area contributed by atoms with Gasteiger partial charge in [0.15, 0.2) is 0 Å². The molecule has 0 saturated carbocycles. The van der Waals surface area contributed by atoms with Crippen molar-refractivity contribution in [3.05, 3.63) is 65.7 Å². The van der Waals surface area contributed by atoms with Gasteiger partial charge in [-0.3, -0.25) is 4.79 Å². The van der Waals surface area contributed by atoms with Gasteiger partial charge in [0.05, 0.1) is 12.3 Å². The second kappa shape index (κ2) is 10.8. The first-order chi connectivity index (χ1) is 11.8. The van der Waals surface area contributed by atoms with Crippen molar-refractivity contribution in [1.29, 1.82) is 0 Å². The molecule has 0 aliphatic carbocycles. The van der Waals surface area contributed by atoms with E-state index in [1.54, 1.807) is 11.8 Å². The van der Waals surface area contributed by atoms with Crippen molar-refractivity contribution in [2.45, 2.75) is 25.5 Å². The maximum Gasteiger partial charge on any atom is 0.230 e. The van der Waals surface area contributed by atoms with Crippen molar-refractivity contribution in [2.24, 2.45) is 0 Å². The van der Waals surface area contributed by atoms with Crippen molar-refractivity contribution >= 4 is 17.7 Å². The average molecular weight is 343 g/mol. The molecule has 2 aromatic rings. The fourth-order valence-corrected chi connectivity index (χ4v) is 3.10. The van der Waals surface area contributed by atoms with Gasteiger partial charge in [-0.05, 0) is 29.7 Å². The molecule has 3 nitrogen and oxygen atoms in total. The molecule has 0 radical (unpaired) electrons. The van der Waals surface area contributed by atoms with E-state index < -0.39 is 0 Å². The molecule has 0 aromatic heterocycles. The number of thioether (sulfide) groups is 1. The number of hydrogen-bond acceptors (Lipinski definition) is 3. The van der Waals surface area contributed by atoms with Crippen LogP contribution in [-0.2, 0) is 17.0 Å². The van der Waals surface area contributed by atoms with E-state index in [1.165, 1.54) is 11.1 Å². The number of carbonyl (C=O) groups is 1. The highest BCUT2D eigenvalue weighted by atomic mass is 32.2. The number of ether oxygens (including phenoxy) is 1. The molecule has 0 saturated heterocycles. The van der Waals surface area contributed by atoms with Crippen molar-refractivity contribution in [3.8, 4) is 5.75 Å². The van der Waals surface area contributed by atoms with Gasteiger partial charge in [-0.2, -0.15) is 0 Å². The Balaban J connectivity index is 1.55. The van der Waals surface area contributed by atoms with Gasteiger partial charge >= 0.3 is 0 Å². The molecule has 0 fully saturated rings. The molecule has 0 aliphatic heterocycles. The first-order valence-corrected chi connectivity index (χ1v) is 9.53. The molecule has 2 rings (SSSR count). The summed E-state index contributed by atoms with van der Waals surface area (Å²) in [7, 11) is 0. The number of rotatable bonds is 10. The van der Waals surface area contributed by atoms with E-state index in [2.05, 4.69) is 36.5 Å². The smallest absolute Gasteiger partial charge is 0.230 e. The number of aryl methyl sites for hydroxylation is 1. The average Bonchev–Trinajstić information content (AvgIpc) is 2.61. The van der Waals surface area contributed by atoms with Gasteiger partial charge < -0.3 is 10.1 Å². The van der Waals surface area contributed by atoms with Crippen LogP contribution in [0.25, 0.3) is 0 Å². The summed E-state index contributed by atoms with van der Waals surface area (Å²) in [6.45, 7) is 3.19. The zero-order valence-electron chi connectivity index (χ0n) is 14.2. The van der Waals surface area contributed by atoms with Gasteiger partial charge in [0.25, 0.3) is 0 Å². The second-order valence-corrected chi connectivity index (χ2v) is 6.56. The fourth-order valence-electron chi connectivity index (χ4n) is 2.29. The Kier molecular flexibility index (Phi) is 8.25. The minimum atomic E-state index is 0.0535. The maximum atomic E-state index is 11.8. The normalized spacial score (nSPS) is 10.4. The van der Waals surface area contributed by atoms with E-state index in [9.17, 15) is 4.79 Å². The van der Waals surface area contributed by atoms with Crippen LogP contribution >= 0.6 is 11.8 Å². The Labute approximate surface area is 148 Å². The monoisotopic (exact) mass is 343 g/mol. The second-order valence-electron chi connectivity index (χ2n) is 5.57. The maximum absolute atomic E-state index is 11.8. The standard InChI is InChI=1S/C20H25NO2S/c1-2-6-17-9-11-19(12-10-17)23-14-13-21-20(22)16-24-15-18-7-4-3-5-8-18/h3-5,7-12H,2,6,13-16H2,1H3,(H,21,22). The highest BCUT2D eigenvalue weighted by Crippen LogP contribution is 2.13. The van der Waals surface area contributed by atoms with E-state index in [-0.39, 0.29) is 5.91 Å². The lowest BCUT2D eigenvalue weighted by molar-refractivity contribution is -0.118. The summed E-state index contributed by atoms with van der Waals surface area (Å²) in [6, 6.07) is 18.3. The summed E-state index contributed by atoms with van der Waals surface area (Å²) >= 11 is 1.62. The number of carbonyl (C=O) groups excluding carboxylic acids is 1. The van der Waals surface area contributed by atoms with Crippen LogP contribution in [0.2, 0.25) is 0 Å². The lowest BCUT2D eigenvalue weighted by atomic mass is 10.1. The quantitative estimate of drug-likeness (QED) is 0.661. The minimum Gasteiger partial charge on any atom is -0.492 e. The third kappa shape index (κ3) is 7.09. The van der Waals surface area contributed by atoms with Gasteiger partial charge in [0.2, 0.25) is 5.91 Å². The van der Waals surface area contributed by atoms with Crippen LogP contribution in [0.4, 0.5) is 0 Å². The largest absolute Gasteiger partial charge is 0.492 e. The summed E-state index contributed by atoms with van der Waals surface area (Å²) in [4.78, 5) is 11.8. The molecular weight excluding hydrogens is 318 g/mol. The van der Waals surface area contributed by atoms with Crippen LogP contribution < -0.4 is 10.1 Å². The van der Waals surface area contributed by atoms with Crippen LogP contribution in [0.15, 0.2) is 54.6 Å². The van der Waals surface area contributed by atoms with Crippen molar-refractivity contribution in [3.63, 3.8) is 0 Å². The molecule has 1 N–H and O–H groups in total. The van der Waals surface area contributed by atoms with Gasteiger partial charge in [-0.15, -0.1) is 11.8 Å². The Morgan fingerprint density at radius 1 is 1.04 bits per heavy atom. The summed E-state index contributed by atoms with van der Waals surface area (Å²) in [5.74, 6) is 2.23. The van der Waals surface area contributed by atoms with Crippen LogP contribution in [0.3, 0.4) is 0 Å². The SMILES string of the molecule is CCCc1ccc(OCCNC(=O)CSCc2ccccc2)cc1. The number of nitrogens with one attached hydrogen (secondary N) is 1. The van der Waals surface area contributed by atoms with Gasteiger partial charge in [-0.25, -0.2) is 0 Å². The third-order valence-electron chi connectivity index (χ3n) is 3.50. The molecule has 24 heavy (non-hydrogen) atoms. The highest BCUT2D eigenvalue weighted by molar-refractivity contribution is 7.99. The van der Waals surface area contributed by atoms with Crippen LogP contribution in [0.1, 0.15) is 24.5 Å². The van der Waals surface area contributed by atoms with Crippen molar-refractivity contribution in [1.82, 2.24) is 5.32 Å². The lowest BCUT2D eigenvalue weighted by Crippen LogP contribution is -2.29. The summed E-state index contributed by atoms with van der Waals surface area (Å²) in [6.07, 6.45) is 2.24. The molecule has 128 valence electrons. The van der Waals surface area contributed by atoms with E-state index in [0.29, 0.717) is 18.9 Å². The molecule has 0 bridgehead atoms. The van der Waals surface area contributed by atoms with E-state index in [4.69, 9.17) is 4.74 Å². The summed E-state index contributed by atoms with van der Waals surface area (Å²) in [5.41, 5.74) is 2.57. The fraction of sp³-hybridized carbons (Fsp3) is 0.350. The Morgan fingerprint density at radius 3 is 2.50 bits per heavy atom. The zero-order valence-corrected chi connectivity index (χ0v) is 15.0. The number of hydrogen-bond donors (Lipinski definition) is 1. The lowest BCUT2D eigenvalue weighted by Gasteiger charge is -2.08. The zero-order chi connectivity index (χ0) is 17.0. The van der Waals surface area contributed by atoms with Crippen molar-refractivity contribution in [2.75, 3.05) is 18.9 Å². The Bertz CT molecular complexity index is 599. The topological polar surface area (TPSA) is 38.3 Å². The Morgan fingerprint density at radius 2 is 1.79 bits per heavy atom. The molecule has 0 aliphatic rings. The molecule has 2 aromatic carbocycles. The third-order valence-corrected chi connectivity index (χ3v) is 4.50. The molecule has 1 amide bonds. The minimum absolute atomic E-state index is 0.0535. The highest BCUT2D eigenvalue weighted by Gasteiger charge is 2.02. The van der Waals surface area contributed by atoms with Crippen molar-refractivity contribution < 1.29 is 9.53 Å². The van der Waals surface area contributed by atoms with E-state index in [1.807, 2.05) is 30.3 Å². The number of benzene rings is 2. The number of amides is 1. The predicted octanol–water partition coefficient (Wildman–Crippen LogP) is 4.07. The first kappa shape index (κ1) is 18.4. The van der Waals surface area contributed by atoms with Crippen LogP contribution in [-0.4, -0.2) is 24.8 Å². The van der Waals surface area contributed by atoms with E-state index >= 15 is 0 Å². The molecule has 0 atom stereocenters. The molecule has 0 unspecified atom stereocenters. The molecule has 4 heteroatoms. The molecule has 0 heterocycles. The predicted molar refractivity (Wildman–Crippen MR) is 102 cm³/mol. The van der Waals surface area contributed by atoms with Gasteiger partial charge in [0, 0.05) is 5.75 Å². The van der Waals surface area contributed by atoms with Crippen LogP contribution in [0, 0.1) is 0 Å². The van der Waals surface area contributed by atoms with Gasteiger partial charge in [0.1, 0.15) is 12.4 Å². The summed E-state index contributed by atoms with van der Waals surface area (Å²) in [5, 5.41) is 2.89. The van der Waals surface area contributed by atoms with E-state index in [0.717, 1.165) is 24.3 Å². The Hall–Kier alpha value is -1.94. The van der Waals surface area contributed by atoms with Crippen LogP contribution in [0.5, 0.6) is 5.75 Å².